The van der Waals surface area contributed by atoms with Crippen molar-refractivity contribution in [1.82, 2.24) is 4.90 Å². The lowest BCUT2D eigenvalue weighted by Crippen LogP contribution is -2.34. The third kappa shape index (κ3) is 4.08. The van der Waals surface area contributed by atoms with Crippen molar-refractivity contribution < 1.29 is 23.8 Å². The zero-order valence-corrected chi connectivity index (χ0v) is 14.2. The molecule has 1 fully saturated rings. The highest BCUT2D eigenvalue weighted by Crippen LogP contribution is 2.29. The van der Waals surface area contributed by atoms with Gasteiger partial charge in [-0.05, 0) is 36.1 Å². The average Bonchev–Trinajstić information content (AvgIpc) is 3.04. The summed E-state index contributed by atoms with van der Waals surface area (Å²) in [5, 5.41) is 10.1. The number of hydrogen-bond donors (Lipinski definition) is 1. The number of carbonyl (C=O) groups excluding carboxylic acids is 2. The number of benzene rings is 2. The van der Waals surface area contributed by atoms with Crippen LogP contribution in [0, 0.1) is 5.82 Å². The van der Waals surface area contributed by atoms with Crippen LogP contribution in [0.2, 0.25) is 0 Å². The lowest BCUT2D eigenvalue weighted by atomic mass is 10.0. The van der Waals surface area contributed by atoms with Crippen LogP contribution in [-0.4, -0.2) is 28.6 Å². The van der Waals surface area contributed by atoms with Crippen LogP contribution in [-0.2, 0) is 9.53 Å². The Morgan fingerprint density at radius 1 is 1.19 bits per heavy atom. The molecule has 0 unspecified atom stereocenters. The van der Waals surface area contributed by atoms with Crippen LogP contribution < -0.4 is 0 Å². The Morgan fingerprint density at radius 2 is 1.88 bits per heavy atom. The average molecular weight is 357 g/mol. The van der Waals surface area contributed by atoms with Crippen molar-refractivity contribution >= 4 is 12.0 Å². The van der Waals surface area contributed by atoms with Crippen LogP contribution in [0.3, 0.4) is 0 Å². The molecule has 0 bridgehead atoms. The molecule has 1 aliphatic rings. The number of carbonyl (C=O) groups is 2. The van der Waals surface area contributed by atoms with Gasteiger partial charge in [0.1, 0.15) is 18.5 Å². The minimum absolute atomic E-state index is 0.122. The Balaban J connectivity index is 1.56. The van der Waals surface area contributed by atoms with E-state index in [1.807, 2.05) is 30.3 Å². The lowest BCUT2D eigenvalue weighted by molar-refractivity contribution is -0.129. The first-order valence-corrected chi connectivity index (χ1v) is 8.53. The highest BCUT2D eigenvalue weighted by Gasteiger charge is 2.38. The van der Waals surface area contributed by atoms with E-state index in [4.69, 9.17) is 4.74 Å². The maximum absolute atomic E-state index is 12.9. The third-order valence-electron chi connectivity index (χ3n) is 4.45. The van der Waals surface area contributed by atoms with E-state index >= 15 is 0 Å². The Morgan fingerprint density at radius 3 is 2.58 bits per heavy atom. The third-order valence-corrected chi connectivity index (χ3v) is 4.45. The molecule has 1 N–H and O–H groups in total. The molecule has 0 aliphatic carbocycles. The lowest BCUT2D eigenvalue weighted by Gasteiger charge is -2.20. The van der Waals surface area contributed by atoms with E-state index in [-0.39, 0.29) is 24.8 Å². The molecule has 2 aromatic carbocycles. The highest BCUT2D eigenvalue weighted by molar-refractivity contribution is 5.93. The molecule has 0 spiro atoms. The molecule has 136 valence electrons. The first-order valence-electron chi connectivity index (χ1n) is 8.53. The van der Waals surface area contributed by atoms with Gasteiger partial charge in [-0.15, -0.1) is 0 Å². The van der Waals surface area contributed by atoms with E-state index in [2.05, 4.69) is 0 Å². The molecule has 1 heterocycles. The second-order valence-corrected chi connectivity index (χ2v) is 6.23. The van der Waals surface area contributed by atoms with Gasteiger partial charge in [-0.2, -0.15) is 0 Å². The Kier molecular flexibility index (Phi) is 5.63. The number of aliphatic hydroxyl groups is 1. The first kappa shape index (κ1) is 18.1. The summed E-state index contributed by atoms with van der Waals surface area (Å²) in [4.78, 5) is 25.6. The zero-order chi connectivity index (χ0) is 18.5. The molecule has 0 radical (unpaired) electrons. The van der Waals surface area contributed by atoms with Crippen LogP contribution in [0.5, 0.6) is 0 Å². The van der Waals surface area contributed by atoms with Crippen LogP contribution >= 0.6 is 0 Å². The summed E-state index contributed by atoms with van der Waals surface area (Å²) in [7, 11) is 0. The van der Waals surface area contributed by atoms with E-state index < -0.39 is 18.2 Å². The fraction of sp³-hybridized carbons (Fsp3) is 0.300. The van der Waals surface area contributed by atoms with Gasteiger partial charge >= 0.3 is 6.09 Å². The number of amides is 2. The summed E-state index contributed by atoms with van der Waals surface area (Å²) in [5.41, 5.74) is 1.44. The molecule has 1 aliphatic heterocycles. The summed E-state index contributed by atoms with van der Waals surface area (Å²) in [6.45, 7) is 0.146. The SMILES string of the molecule is O=C(CCC[C@H](O)c1ccc(F)cc1)N1C(=O)OC[C@H]1c1ccccc1. The Labute approximate surface area is 151 Å². The number of hydrogen-bond acceptors (Lipinski definition) is 4. The summed E-state index contributed by atoms with van der Waals surface area (Å²) in [6.07, 6.45) is -0.544. The van der Waals surface area contributed by atoms with Gasteiger partial charge in [-0.1, -0.05) is 42.5 Å². The molecule has 5 nitrogen and oxygen atoms in total. The van der Waals surface area contributed by atoms with Gasteiger partial charge < -0.3 is 9.84 Å². The number of cyclic esters (lactones) is 1. The topological polar surface area (TPSA) is 66.8 Å². The summed E-state index contributed by atoms with van der Waals surface area (Å²) >= 11 is 0. The van der Waals surface area contributed by atoms with Gasteiger partial charge in [0, 0.05) is 6.42 Å². The normalized spacial score (nSPS) is 17.8. The summed E-state index contributed by atoms with van der Waals surface area (Å²) < 4.78 is 18.0. The second kappa shape index (κ2) is 8.10. The number of halogens is 1. The molecule has 0 aromatic heterocycles. The maximum Gasteiger partial charge on any atom is 0.417 e. The molecular weight excluding hydrogens is 337 g/mol. The quantitative estimate of drug-likeness (QED) is 0.855. The minimum atomic E-state index is -0.779. The molecule has 3 rings (SSSR count). The van der Waals surface area contributed by atoms with Gasteiger partial charge in [0.15, 0.2) is 0 Å². The second-order valence-electron chi connectivity index (χ2n) is 6.23. The van der Waals surface area contributed by atoms with Crippen molar-refractivity contribution in [3.63, 3.8) is 0 Å². The monoisotopic (exact) mass is 357 g/mol. The maximum atomic E-state index is 12.9. The number of imide groups is 1. The van der Waals surface area contributed by atoms with Crippen LogP contribution in [0.15, 0.2) is 54.6 Å². The molecule has 6 heteroatoms. The van der Waals surface area contributed by atoms with Crippen molar-refractivity contribution in [1.29, 1.82) is 0 Å². The first-order chi connectivity index (χ1) is 12.6. The van der Waals surface area contributed by atoms with Crippen molar-refractivity contribution in [3.05, 3.63) is 71.5 Å². The highest BCUT2D eigenvalue weighted by atomic mass is 19.1. The van der Waals surface area contributed by atoms with Crippen LogP contribution in [0.4, 0.5) is 9.18 Å². The van der Waals surface area contributed by atoms with Crippen molar-refractivity contribution in [2.75, 3.05) is 6.61 Å². The van der Waals surface area contributed by atoms with Gasteiger partial charge in [-0.25, -0.2) is 14.1 Å². The smallest absolute Gasteiger partial charge is 0.417 e. The molecule has 0 saturated carbocycles. The number of rotatable bonds is 6. The molecule has 26 heavy (non-hydrogen) atoms. The van der Waals surface area contributed by atoms with E-state index in [0.29, 0.717) is 18.4 Å². The van der Waals surface area contributed by atoms with Gasteiger partial charge in [0.05, 0.1) is 6.10 Å². The van der Waals surface area contributed by atoms with E-state index in [1.165, 1.54) is 24.3 Å². The number of nitrogens with zero attached hydrogens (tertiary/aromatic N) is 1. The predicted octanol–water partition coefficient (Wildman–Crippen LogP) is 3.75. The van der Waals surface area contributed by atoms with Gasteiger partial charge in [0.25, 0.3) is 0 Å². The van der Waals surface area contributed by atoms with Crippen molar-refractivity contribution in [2.24, 2.45) is 0 Å². The fourth-order valence-corrected chi connectivity index (χ4v) is 3.04. The zero-order valence-electron chi connectivity index (χ0n) is 14.2. The van der Waals surface area contributed by atoms with Crippen molar-refractivity contribution in [2.45, 2.75) is 31.4 Å². The summed E-state index contributed by atoms with van der Waals surface area (Å²) in [5.74, 6) is -0.691. The fourth-order valence-electron chi connectivity index (χ4n) is 3.04. The predicted molar refractivity (Wildman–Crippen MR) is 92.6 cm³/mol. The van der Waals surface area contributed by atoms with E-state index in [0.717, 1.165) is 10.5 Å². The van der Waals surface area contributed by atoms with Crippen LogP contribution in [0.25, 0.3) is 0 Å². The standard InChI is InChI=1S/C20H20FNO4/c21-16-11-9-15(10-12-16)18(23)7-4-8-19(24)22-17(13-26-20(22)25)14-5-2-1-3-6-14/h1-3,5-6,9-12,17-18,23H,4,7-8,13H2/t17-,18-/m0/s1. The van der Waals surface area contributed by atoms with E-state index in [9.17, 15) is 19.1 Å². The van der Waals surface area contributed by atoms with Gasteiger partial charge in [0.2, 0.25) is 5.91 Å². The Hall–Kier alpha value is -2.73. The van der Waals surface area contributed by atoms with Gasteiger partial charge in [-0.3, -0.25) is 4.79 Å². The molecule has 2 aromatic rings. The van der Waals surface area contributed by atoms with Crippen LogP contribution in [0.1, 0.15) is 42.5 Å². The largest absolute Gasteiger partial charge is 0.446 e. The minimum Gasteiger partial charge on any atom is -0.446 e. The summed E-state index contributed by atoms with van der Waals surface area (Å²) in [6, 6.07) is 14.5. The number of ether oxygens (including phenoxy) is 1. The molecule has 2 amide bonds. The Bertz CT molecular complexity index is 763. The van der Waals surface area contributed by atoms with Crippen molar-refractivity contribution in [3.8, 4) is 0 Å². The van der Waals surface area contributed by atoms with E-state index in [1.54, 1.807) is 0 Å². The number of aliphatic hydroxyl groups excluding tert-OH is 1. The molecular formula is C20H20FNO4. The molecule has 1 saturated heterocycles. The molecule has 2 atom stereocenters.